The molecule has 0 spiro atoms. The first kappa shape index (κ1) is 15.5. The first-order chi connectivity index (χ1) is 9.88. The minimum Gasteiger partial charge on any atom is -0.326 e. The molecule has 0 fully saturated rings. The van der Waals surface area contributed by atoms with Crippen LogP contribution in [0.25, 0.3) is 0 Å². The molecule has 6 nitrogen and oxygen atoms in total. The number of hydrogen-bond acceptors (Lipinski definition) is 4. The second-order valence-corrected chi connectivity index (χ2v) is 6.68. The molecule has 2 N–H and O–H groups in total. The van der Waals surface area contributed by atoms with Gasteiger partial charge < -0.3 is 5.32 Å². The van der Waals surface area contributed by atoms with Crippen molar-refractivity contribution in [1.29, 1.82) is 0 Å². The molecule has 1 aromatic heterocycles. The highest BCUT2D eigenvalue weighted by Gasteiger charge is 2.16. The van der Waals surface area contributed by atoms with E-state index in [-0.39, 0.29) is 16.6 Å². The number of nitrogens with zero attached hydrogens (tertiary/aromatic N) is 1. The number of benzene rings is 1. The highest BCUT2D eigenvalue weighted by atomic mass is 79.9. The molecule has 1 amide bonds. The summed E-state index contributed by atoms with van der Waals surface area (Å²) in [7, 11) is -3.74. The van der Waals surface area contributed by atoms with Crippen molar-refractivity contribution in [1.82, 2.24) is 4.98 Å². The van der Waals surface area contributed by atoms with Gasteiger partial charge in [-0.3, -0.25) is 9.52 Å². The van der Waals surface area contributed by atoms with Crippen molar-refractivity contribution >= 4 is 43.4 Å². The second kappa shape index (κ2) is 6.23. The summed E-state index contributed by atoms with van der Waals surface area (Å²) >= 11 is 3.22. The molecule has 2 aromatic rings. The summed E-state index contributed by atoms with van der Waals surface area (Å²) in [6.45, 7) is 1.38. The Morgan fingerprint density at radius 2 is 1.86 bits per heavy atom. The van der Waals surface area contributed by atoms with Gasteiger partial charge in [-0.05, 0) is 52.3 Å². The van der Waals surface area contributed by atoms with Crippen molar-refractivity contribution < 1.29 is 13.2 Å². The minimum absolute atomic E-state index is 0.0779. The molecule has 0 atom stereocenters. The van der Waals surface area contributed by atoms with Crippen molar-refractivity contribution in [2.45, 2.75) is 11.8 Å². The Bertz CT molecular complexity index is 760. The lowest BCUT2D eigenvalue weighted by Gasteiger charge is -2.09. The zero-order valence-corrected chi connectivity index (χ0v) is 13.4. The van der Waals surface area contributed by atoms with Crippen LogP contribution in [0.1, 0.15) is 6.92 Å². The van der Waals surface area contributed by atoms with Gasteiger partial charge in [0.25, 0.3) is 10.0 Å². The number of carbonyl (C=O) groups is 1. The predicted molar refractivity (Wildman–Crippen MR) is 83.5 cm³/mol. The number of halogens is 1. The van der Waals surface area contributed by atoms with Crippen LogP contribution in [-0.4, -0.2) is 19.3 Å². The van der Waals surface area contributed by atoms with Crippen LogP contribution in [0.4, 0.5) is 11.5 Å². The first-order valence-corrected chi connectivity index (χ1v) is 8.17. The number of nitrogens with one attached hydrogen (secondary N) is 2. The van der Waals surface area contributed by atoms with Crippen LogP contribution in [0.2, 0.25) is 0 Å². The third-order valence-corrected chi connectivity index (χ3v) is 4.47. The number of carbonyl (C=O) groups excluding carboxylic acids is 1. The Labute approximate surface area is 130 Å². The maximum Gasteiger partial charge on any atom is 0.263 e. The normalized spacial score (nSPS) is 11.0. The first-order valence-electron chi connectivity index (χ1n) is 5.89. The molecule has 0 saturated carbocycles. The lowest BCUT2D eigenvalue weighted by Crippen LogP contribution is -2.14. The maximum atomic E-state index is 12.2. The highest BCUT2D eigenvalue weighted by Crippen LogP contribution is 2.22. The molecule has 21 heavy (non-hydrogen) atoms. The van der Waals surface area contributed by atoms with E-state index < -0.39 is 10.0 Å². The van der Waals surface area contributed by atoms with Crippen molar-refractivity contribution in [2.75, 3.05) is 10.0 Å². The van der Waals surface area contributed by atoms with Crippen molar-refractivity contribution in [3.05, 3.63) is 47.1 Å². The Hall–Kier alpha value is -1.93. The number of rotatable bonds is 4. The Morgan fingerprint density at radius 3 is 2.43 bits per heavy atom. The van der Waals surface area contributed by atoms with Crippen LogP contribution >= 0.6 is 15.9 Å². The molecule has 110 valence electrons. The van der Waals surface area contributed by atoms with Crippen LogP contribution in [-0.2, 0) is 14.8 Å². The molecule has 0 radical (unpaired) electrons. The third kappa shape index (κ3) is 4.02. The maximum absolute atomic E-state index is 12.2. The van der Waals surface area contributed by atoms with E-state index in [1.807, 2.05) is 0 Å². The zero-order chi connectivity index (χ0) is 15.5. The number of sulfonamides is 1. The molecule has 0 aliphatic rings. The average molecular weight is 370 g/mol. The van der Waals surface area contributed by atoms with E-state index >= 15 is 0 Å². The molecular formula is C13H12BrN3O3S. The van der Waals surface area contributed by atoms with Crippen LogP contribution in [0.3, 0.4) is 0 Å². The van der Waals surface area contributed by atoms with Crippen molar-refractivity contribution in [3.8, 4) is 0 Å². The Kier molecular flexibility index (Phi) is 4.59. The summed E-state index contributed by atoms with van der Waals surface area (Å²) < 4.78 is 27.4. The number of pyridine rings is 1. The smallest absolute Gasteiger partial charge is 0.263 e. The number of anilines is 2. The molecule has 0 aliphatic carbocycles. The van der Waals surface area contributed by atoms with Gasteiger partial charge in [-0.25, -0.2) is 13.4 Å². The van der Waals surface area contributed by atoms with Crippen LogP contribution in [0, 0.1) is 0 Å². The molecule has 0 bridgehead atoms. The topological polar surface area (TPSA) is 88.2 Å². The summed E-state index contributed by atoms with van der Waals surface area (Å²) in [5, 5.41) is 2.57. The number of aromatic nitrogens is 1. The van der Waals surface area contributed by atoms with E-state index in [1.54, 1.807) is 12.1 Å². The van der Waals surface area contributed by atoms with Gasteiger partial charge in [0.05, 0.1) is 9.37 Å². The summed E-state index contributed by atoms with van der Waals surface area (Å²) in [4.78, 5) is 14.9. The molecule has 1 heterocycles. The minimum atomic E-state index is -3.74. The van der Waals surface area contributed by atoms with Gasteiger partial charge in [0, 0.05) is 18.8 Å². The average Bonchev–Trinajstić information content (AvgIpc) is 2.41. The molecular weight excluding hydrogens is 358 g/mol. The van der Waals surface area contributed by atoms with Gasteiger partial charge in [-0.1, -0.05) is 0 Å². The predicted octanol–water partition coefficient (Wildman–Crippen LogP) is 2.60. The Balaban J connectivity index is 2.24. The van der Waals surface area contributed by atoms with E-state index in [9.17, 15) is 13.2 Å². The van der Waals surface area contributed by atoms with Gasteiger partial charge in [0.15, 0.2) is 5.82 Å². The molecule has 0 unspecified atom stereocenters. The fourth-order valence-electron chi connectivity index (χ4n) is 1.57. The molecule has 0 saturated heterocycles. The van der Waals surface area contributed by atoms with E-state index in [0.717, 1.165) is 0 Å². The van der Waals surface area contributed by atoms with Crippen LogP contribution < -0.4 is 10.0 Å². The summed E-state index contributed by atoms with van der Waals surface area (Å²) in [5.74, 6) is -0.00964. The molecule has 8 heteroatoms. The molecule has 1 aromatic carbocycles. The highest BCUT2D eigenvalue weighted by molar-refractivity contribution is 9.10. The zero-order valence-electron chi connectivity index (χ0n) is 11.0. The van der Waals surface area contributed by atoms with Gasteiger partial charge >= 0.3 is 0 Å². The second-order valence-electron chi connectivity index (χ2n) is 4.14. The SMILES string of the molecule is CC(=O)Nc1ccc(S(=O)(=O)Nc2ncccc2Br)cc1. The van der Waals surface area contributed by atoms with Gasteiger partial charge in [-0.15, -0.1) is 0 Å². The standard InChI is InChI=1S/C13H12BrN3O3S/c1-9(18)16-10-4-6-11(7-5-10)21(19,20)17-13-12(14)3-2-8-15-13/h2-8H,1H3,(H,15,17)(H,16,18). The summed E-state index contributed by atoms with van der Waals surface area (Å²) in [6, 6.07) is 9.22. The Morgan fingerprint density at radius 1 is 1.19 bits per heavy atom. The fraction of sp³-hybridized carbons (Fsp3) is 0.0769. The lowest BCUT2D eigenvalue weighted by atomic mass is 10.3. The number of hydrogen-bond donors (Lipinski definition) is 2. The van der Waals surface area contributed by atoms with Crippen molar-refractivity contribution in [2.24, 2.45) is 0 Å². The van der Waals surface area contributed by atoms with Gasteiger partial charge in [0.1, 0.15) is 0 Å². The summed E-state index contributed by atoms with van der Waals surface area (Å²) in [5.41, 5.74) is 0.528. The largest absolute Gasteiger partial charge is 0.326 e. The molecule has 0 aliphatic heterocycles. The number of amides is 1. The van der Waals surface area contributed by atoms with Crippen LogP contribution in [0.15, 0.2) is 52.0 Å². The third-order valence-electron chi connectivity index (χ3n) is 2.47. The van der Waals surface area contributed by atoms with Gasteiger partial charge in [-0.2, -0.15) is 0 Å². The fourth-order valence-corrected chi connectivity index (χ4v) is 3.08. The van der Waals surface area contributed by atoms with E-state index in [0.29, 0.717) is 10.2 Å². The van der Waals surface area contributed by atoms with E-state index in [2.05, 4.69) is 31.0 Å². The van der Waals surface area contributed by atoms with E-state index in [1.165, 1.54) is 37.4 Å². The molecule has 2 rings (SSSR count). The summed E-state index contributed by atoms with van der Waals surface area (Å²) in [6.07, 6.45) is 1.49. The lowest BCUT2D eigenvalue weighted by molar-refractivity contribution is -0.114. The van der Waals surface area contributed by atoms with Crippen molar-refractivity contribution in [3.63, 3.8) is 0 Å². The van der Waals surface area contributed by atoms with Crippen LogP contribution in [0.5, 0.6) is 0 Å². The quantitative estimate of drug-likeness (QED) is 0.866. The van der Waals surface area contributed by atoms with Gasteiger partial charge in [0.2, 0.25) is 5.91 Å². The monoisotopic (exact) mass is 369 g/mol. The van der Waals surface area contributed by atoms with E-state index in [4.69, 9.17) is 0 Å².